The van der Waals surface area contributed by atoms with Crippen LogP contribution in [0.5, 0.6) is 0 Å². The molecule has 0 bridgehead atoms. The van der Waals surface area contributed by atoms with Gasteiger partial charge < -0.3 is 0 Å². The Morgan fingerprint density at radius 1 is 1.31 bits per heavy atom. The van der Waals surface area contributed by atoms with Crippen LogP contribution in [0.2, 0.25) is 0 Å². The van der Waals surface area contributed by atoms with Crippen LogP contribution in [0.3, 0.4) is 0 Å². The molecule has 0 radical (unpaired) electrons. The third-order valence-corrected chi connectivity index (χ3v) is 3.62. The molecule has 2 rings (SSSR count). The van der Waals surface area contributed by atoms with E-state index < -0.39 is 0 Å². The Labute approximate surface area is 103 Å². The summed E-state index contributed by atoms with van der Waals surface area (Å²) < 4.78 is 0. The summed E-state index contributed by atoms with van der Waals surface area (Å²) in [7, 11) is 0. The molecule has 2 heteroatoms. The quantitative estimate of drug-likeness (QED) is 0.726. The topological polar surface area (TPSA) is 3.24 Å². The molecule has 1 aliphatic heterocycles. The Morgan fingerprint density at radius 2 is 2.00 bits per heavy atom. The summed E-state index contributed by atoms with van der Waals surface area (Å²) in [6, 6.07) is 8.98. The van der Waals surface area contributed by atoms with Crippen molar-refractivity contribution in [3.05, 3.63) is 35.4 Å². The summed E-state index contributed by atoms with van der Waals surface area (Å²) in [5, 5.41) is 0.356. The minimum Gasteiger partial charge on any atom is -0.298 e. The normalized spacial score (nSPS) is 21.9. The fourth-order valence-corrected chi connectivity index (χ4v) is 2.49. The third kappa shape index (κ3) is 2.99. The Bertz CT molecular complexity index is 331. The first kappa shape index (κ1) is 11.9. The van der Waals surface area contributed by atoms with E-state index in [0.29, 0.717) is 11.3 Å². The van der Waals surface area contributed by atoms with Crippen molar-refractivity contribution >= 4 is 11.6 Å². The first-order valence-electron chi connectivity index (χ1n) is 6.10. The van der Waals surface area contributed by atoms with E-state index in [1.807, 2.05) is 0 Å². The van der Waals surface area contributed by atoms with Gasteiger partial charge in [0, 0.05) is 18.5 Å². The van der Waals surface area contributed by atoms with E-state index in [1.165, 1.54) is 11.1 Å². The minimum atomic E-state index is 0.356. The molecule has 1 aromatic rings. The summed E-state index contributed by atoms with van der Waals surface area (Å²) in [4.78, 5) is 2.43. The van der Waals surface area contributed by atoms with Crippen LogP contribution in [0.15, 0.2) is 24.3 Å². The van der Waals surface area contributed by atoms with Crippen molar-refractivity contribution in [1.82, 2.24) is 4.90 Å². The van der Waals surface area contributed by atoms with Gasteiger partial charge in [-0.1, -0.05) is 38.1 Å². The second-order valence-corrected chi connectivity index (χ2v) is 5.63. The zero-order valence-corrected chi connectivity index (χ0v) is 10.9. The molecule has 0 spiro atoms. The third-order valence-electron chi connectivity index (χ3n) is 3.27. The van der Waals surface area contributed by atoms with Crippen LogP contribution >= 0.6 is 11.6 Å². The first-order valence-corrected chi connectivity index (χ1v) is 6.54. The standard InChI is InChI=1S/C14H20ClN/c1-11(2)13-5-3-12(4-6-13)9-16-8-7-14(15)10-16/h3-6,11,14H,7-10H2,1-2H3. The Morgan fingerprint density at radius 3 is 2.50 bits per heavy atom. The molecule has 1 fully saturated rings. The fraction of sp³-hybridized carbons (Fsp3) is 0.571. The predicted octanol–water partition coefficient (Wildman–Crippen LogP) is 3.62. The molecule has 1 aliphatic rings. The molecule has 1 unspecified atom stereocenters. The molecule has 0 aliphatic carbocycles. The van der Waals surface area contributed by atoms with E-state index >= 15 is 0 Å². The molecule has 16 heavy (non-hydrogen) atoms. The molecule has 0 aromatic heterocycles. The summed E-state index contributed by atoms with van der Waals surface area (Å²) >= 11 is 6.10. The number of hydrogen-bond acceptors (Lipinski definition) is 1. The van der Waals surface area contributed by atoms with Gasteiger partial charge in [0.05, 0.1) is 0 Å². The summed E-state index contributed by atoms with van der Waals surface area (Å²) in [6.07, 6.45) is 1.13. The van der Waals surface area contributed by atoms with E-state index in [9.17, 15) is 0 Å². The van der Waals surface area contributed by atoms with Gasteiger partial charge in [0.2, 0.25) is 0 Å². The van der Waals surface area contributed by atoms with Crippen molar-refractivity contribution in [2.24, 2.45) is 0 Å². The summed E-state index contributed by atoms with van der Waals surface area (Å²) in [5.41, 5.74) is 2.82. The Hall–Kier alpha value is -0.530. The van der Waals surface area contributed by atoms with Gasteiger partial charge in [0.1, 0.15) is 0 Å². The molecule has 1 heterocycles. The van der Waals surface area contributed by atoms with Crippen LogP contribution in [0.4, 0.5) is 0 Å². The van der Waals surface area contributed by atoms with E-state index in [4.69, 9.17) is 11.6 Å². The molecule has 0 saturated carbocycles. The zero-order valence-electron chi connectivity index (χ0n) is 10.1. The zero-order chi connectivity index (χ0) is 11.5. The number of nitrogens with zero attached hydrogens (tertiary/aromatic N) is 1. The number of halogens is 1. The van der Waals surface area contributed by atoms with Gasteiger partial charge in [-0.2, -0.15) is 0 Å². The fourth-order valence-electron chi connectivity index (χ4n) is 2.20. The molecule has 1 atom stereocenters. The highest BCUT2D eigenvalue weighted by Crippen LogP contribution is 2.19. The number of benzene rings is 1. The van der Waals surface area contributed by atoms with Crippen LogP contribution in [0.25, 0.3) is 0 Å². The molecule has 88 valence electrons. The van der Waals surface area contributed by atoms with Crippen molar-refractivity contribution in [1.29, 1.82) is 0 Å². The van der Waals surface area contributed by atoms with Crippen molar-refractivity contribution < 1.29 is 0 Å². The molecule has 0 N–H and O–H groups in total. The largest absolute Gasteiger partial charge is 0.298 e. The lowest BCUT2D eigenvalue weighted by atomic mass is 10.0. The van der Waals surface area contributed by atoms with Gasteiger partial charge in [-0.3, -0.25) is 4.90 Å². The highest BCUT2D eigenvalue weighted by Gasteiger charge is 2.19. The van der Waals surface area contributed by atoms with Gasteiger partial charge in [0.15, 0.2) is 0 Å². The minimum absolute atomic E-state index is 0.356. The Kier molecular flexibility index (Phi) is 3.88. The van der Waals surface area contributed by atoms with Gasteiger partial charge in [0.25, 0.3) is 0 Å². The SMILES string of the molecule is CC(C)c1ccc(CN2CCC(Cl)C2)cc1. The molecule has 1 saturated heterocycles. The summed E-state index contributed by atoms with van der Waals surface area (Å²) in [5.74, 6) is 0.619. The van der Waals surface area contributed by atoms with E-state index in [-0.39, 0.29) is 0 Å². The van der Waals surface area contributed by atoms with Crippen LogP contribution in [0, 0.1) is 0 Å². The average Bonchev–Trinajstić information content (AvgIpc) is 2.65. The van der Waals surface area contributed by atoms with E-state index in [1.54, 1.807) is 0 Å². The van der Waals surface area contributed by atoms with Crippen molar-refractivity contribution in [2.45, 2.75) is 38.1 Å². The molecule has 0 amide bonds. The monoisotopic (exact) mass is 237 g/mol. The molecule has 1 nitrogen and oxygen atoms in total. The number of likely N-dealkylation sites (tertiary alicyclic amines) is 1. The average molecular weight is 238 g/mol. The highest BCUT2D eigenvalue weighted by atomic mass is 35.5. The van der Waals surface area contributed by atoms with Crippen LogP contribution in [-0.2, 0) is 6.54 Å². The van der Waals surface area contributed by atoms with E-state index in [2.05, 4.69) is 43.0 Å². The van der Waals surface area contributed by atoms with Crippen LogP contribution in [-0.4, -0.2) is 23.4 Å². The second kappa shape index (κ2) is 5.20. The predicted molar refractivity (Wildman–Crippen MR) is 70.1 cm³/mol. The Balaban J connectivity index is 1.95. The lowest BCUT2D eigenvalue weighted by molar-refractivity contribution is 0.332. The smallest absolute Gasteiger partial charge is 0.0475 e. The van der Waals surface area contributed by atoms with Crippen molar-refractivity contribution in [3.8, 4) is 0 Å². The summed E-state index contributed by atoms with van der Waals surface area (Å²) in [6.45, 7) is 7.68. The lowest BCUT2D eigenvalue weighted by Gasteiger charge is -2.15. The molecule has 1 aromatic carbocycles. The van der Waals surface area contributed by atoms with Crippen molar-refractivity contribution in [2.75, 3.05) is 13.1 Å². The molecular formula is C14H20ClN. The maximum Gasteiger partial charge on any atom is 0.0475 e. The maximum absolute atomic E-state index is 6.10. The van der Waals surface area contributed by atoms with Gasteiger partial charge in [-0.25, -0.2) is 0 Å². The lowest BCUT2D eigenvalue weighted by Crippen LogP contribution is -2.20. The highest BCUT2D eigenvalue weighted by molar-refractivity contribution is 6.20. The van der Waals surface area contributed by atoms with Gasteiger partial charge >= 0.3 is 0 Å². The number of hydrogen-bond donors (Lipinski definition) is 0. The van der Waals surface area contributed by atoms with Gasteiger partial charge in [-0.05, 0) is 30.0 Å². The molecular weight excluding hydrogens is 218 g/mol. The van der Waals surface area contributed by atoms with Gasteiger partial charge in [-0.15, -0.1) is 11.6 Å². The van der Waals surface area contributed by atoms with Crippen molar-refractivity contribution in [3.63, 3.8) is 0 Å². The second-order valence-electron chi connectivity index (χ2n) is 5.02. The van der Waals surface area contributed by atoms with E-state index in [0.717, 1.165) is 26.1 Å². The first-order chi connectivity index (χ1) is 7.65. The number of alkyl halides is 1. The van der Waals surface area contributed by atoms with Crippen LogP contribution in [0.1, 0.15) is 37.3 Å². The number of rotatable bonds is 3. The van der Waals surface area contributed by atoms with Crippen LogP contribution < -0.4 is 0 Å². The maximum atomic E-state index is 6.10.